The third kappa shape index (κ3) is 2.76. The van der Waals surface area contributed by atoms with Gasteiger partial charge in [-0.1, -0.05) is 34.1 Å². The number of fused-ring (bicyclic) bond motifs is 1. The maximum absolute atomic E-state index is 12.5. The number of carbonyl (C=O) groups excluding carboxylic acids is 2. The normalized spacial score (nSPS) is 20.0. The Morgan fingerprint density at radius 2 is 1.86 bits per heavy atom. The highest BCUT2D eigenvalue weighted by Gasteiger charge is 2.42. The number of rotatable bonds is 2. The van der Waals surface area contributed by atoms with Crippen molar-refractivity contribution < 1.29 is 14.3 Å². The fourth-order valence-electron chi connectivity index (χ4n) is 2.46. The van der Waals surface area contributed by atoms with Crippen molar-refractivity contribution in [1.82, 2.24) is 0 Å². The number of ether oxygens (including phenoxy) is 1. The van der Waals surface area contributed by atoms with Crippen LogP contribution in [0.15, 0.2) is 53.0 Å². The molecule has 4 nitrogen and oxygen atoms in total. The summed E-state index contributed by atoms with van der Waals surface area (Å²) >= 11 is 3.34. The highest BCUT2D eigenvalue weighted by molar-refractivity contribution is 9.10. The van der Waals surface area contributed by atoms with Crippen LogP contribution < -0.4 is 5.32 Å². The lowest BCUT2D eigenvalue weighted by molar-refractivity contribution is -0.134. The molecule has 22 heavy (non-hydrogen) atoms. The molecule has 5 heteroatoms. The Morgan fingerprint density at radius 1 is 1.18 bits per heavy atom. The third-order valence-corrected chi connectivity index (χ3v) is 4.19. The number of halogens is 1. The van der Waals surface area contributed by atoms with E-state index in [0.717, 1.165) is 10.0 Å². The molecule has 0 radical (unpaired) electrons. The lowest BCUT2D eigenvalue weighted by Gasteiger charge is -2.33. The molecule has 1 aliphatic rings. The minimum Gasteiger partial charge on any atom is -0.445 e. The van der Waals surface area contributed by atoms with Crippen LogP contribution in [0.4, 0.5) is 5.69 Å². The zero-order valence-electron chi connectivity index (χ0n) is 11.9. The van der Waals surface area contributed by atoms with E-state index in [1.54, 1.807) is 31.2 Å². The maximum Gasteiger partial charge on any atom is 0.339 e. The van der Waals surface area contributed by atoms with Crippen LogP contribution in [0.25, 0.3) is 0 Å². The molecule has 0 saturated carbocycles. The Kier molecular flexibility index (Phi) is 3.74. The molecule has 0 spiro atoms. The first kappa shape index (κ1) is 14.8. The zero-order valence-corrected chi connectivity index (χ0v) is 13.5. The largest absolute Gasteiger partial charge is 0.445 e. The molecular formula is C17H14BrNO3. The van der Waals surface area contributed by atoms with Crippen molar-refractivity contribution >= 4 is 33.5 Å². The van der Waals surface area contributed by atoms with E-state index in [9.17, 15) is 9.59 Å². The Balaban J connectivity index is 1.83. The summed E-state index contributed by atoms with van der Waals surface area (Å²) in [6.07, 6.45) is 0.358. The number of cyclic esters (lactones) is 1. The fourth-order valence-corrected chi connectivity index (χ4v) is 2.72. The Bertz CT molecular complexity index is 742. The molecule has 3 rings (SSSR count). The SMILES string of the molecule is C[C@@]1(C(=O)Nc2ccc(Br)cc2)Cc2ccccc2C(=O)O1. The van der Waals surface area contributed by atoms with Gasteiger partial charge in [0.05, 0.1) is 5.56 Å². The fraction of sp³-hybridized carbons (Fsp3) is 0.176. The average Bonchev–Trinajstić information content (AvgIpc) is 2.49. The summed E-state index contributed by atoms with van der Waals surface area (Å²) in [7, 11) is 0. The second-order valence-electron chi connectivity index (χ2n) is 5.42. The Hall–Kier alpha value is -2.14. The Labute approximate surface area is 136 Å². The van der Waals surface area contributed by atoms with Gasteiger partial charge in [-0.25, -0.2) is 4.79 Å². The van der Waals surface area contributed by atoms with Crippen molar-refractivity contribution in [3.63, 3.8) is 0 Å². The van der Waals surface area contributed by atoms with E-state index in [4.69, 9.17) is 4.74 Å². The van der Waals surface area contributed by atoms with Gasteiger partial charge < -0.3 is 10.1 Å². The van der Waals surface area contributed by atoms with Gasteiger partial charge in [0.2, 0.25) is 0 Å². The first-order valence-corrected chi connectivity index (χ1v) is 7.65. The van der Waals surface area contributed by atoms with Crippen LogP contribution in [0, 0.1) is 0 Å². The summed E-state index contributed by atoms with van der Waals surface area (Å²) in [6, 6.07) is 14.4. The second kappa shape index (κ2) is 5.57. The van der Waals surface area contributed by atoms with Gasteiger partial charge >= 0.3 is 5.97 Å². The lowest BCUT2D eigenvalue weighted by Crippen LogP contribution is -2.48. The van der Waals surface area contributed by atoms with Crippen LogP contribution in [-0.2, 0) is 16.0 Å². The zero-order chi connectivity index (χ0) is 15.7. The Morgan fingerprint density at radius 3 is 2.59 bits per heavy atom. The summed E-state index contributed by atoms with van der Waals surface area (Å²) in [4.78, 5) is 24.6. The quantitative estimate of drug-likeness (QED) is 0.834. The first-order valence-electron chi connectivity index (χ1n) is 6.86. The standard InChI is InChI=1S/C17H14BrNO3/c1-17(16(21)19-13-8-6-12(18)7-9-13)10-11-4-2-3-5-14(11)15(20)22-17/h2-9H,10H2,1H3,(H,19,21)/t17-/m0/s1. The minimum atomic E-state index is -1.21. The van der Waals surface area contributed by atoms with Gasteiger partial charge in [-0.15, -0.1) is 0 Å². The van der Waals surface area contributed by atoms with Crippen molar-refractivity contribution in [3.05, 3.63) is 64.1 Å². The predicted octanol–water partition coefficient (Wildman–Crippen LogP) is 3.56. The van der Waals surface area contributed by atoms with E-state index in [1.165, 1.54) is 0 Å². The number of anilines is 1. The molecule has 0 aromatic heterocycles. The third-order valence-electron chi connectivity index (χ3n) is 3.67. The second-order valence-corrected chi connectivity index (χ2v) is 6.33. The van der Waals surface area contributed by atoms with Gasteiger partial charge in [-0.2, -0.15) is 0 Å². The first-order chi connectivity index (χ1) is 10.5. The highest BCUT2D eigenvalue weighted by atomic mass is 79.9. The number of hydrogen-bond acceptors (Lipinski definition) is 3. The van der Waals surface area contributed by atoms with Crippen LogP contribution in [-0.4, -0.2) is 17.5 Å². The van der Waals surface area contributed by atoms with E-state index in [-0.39, 0.29) is 5.91 Å². The van der Waals surface area contributed by atoms with Gasteiger partial charge in [0.1, 0.15) is 0 Å². The molecule has 1 N–H and O–H groups in total. The van der Waals surface area contributed by atoms with Crippen LogP contribution in [0.5, 0.6) is 0 Å². The topological polar surface area (TPSA) is 55.4 Å². The van der Waals surface area contributed by atoms with Crippen molar-refractivity contribution in [2.75, 3.05) is 5.32 Å². The number of hydrogen-bond donors (Lipinski definition) is 1. The lowest BCUT2D eigenvalue weighted by atomic mass is 9.89. The van der Waals surface area contributed by atoms with Crippen molar-refractivity contribution in [1.29, 1.82) is 0 Å². The average molecular weight is 360 g/mol. The van der Waals surface area contributed by atoms with E-state index >= 15 is 0 Å². The number of benzene rings is 2. The van der Waals surface area contributed by atoms with E-state index < -0.39 is 11.6 Å². The molecule has 0 bridgehead atoms. The molecule has 1 aliphatic heterocycles. The van der Waals surface area contributed by atoms with Gasteiger partial charge in [0.25, 0.3) is 5.91 Å². The summed E-state index contributed by atoms with van der Waals surface area (Å²) in [6.45, 7) is 1.63. The monoisotopic (exact) mass is 359 g/mol. The summed E-state index contributed by atoms with van der Waals surface area (Å²) in [5.41, 5.74) is 0.798. The summed E-state index contributed by atoms with van der Waals surface area (Å²) in [5, 5.41) is 2.79. The summed E-state index contributed by atoms with van der Waals surface area (Å²) in [5.74, 6) is -0.798. The van der Waals surface area contributed by atoms with E-state index in [2.05, 4.69) is 21.2 Å². The molecule has 112 valence electrons. The van der Waals surface area contributed by atoms with Crippen molar-refractivity contribution in [2.45, 2.75) is 18.9 Å². The van der Waals surface area contributed by atoms with Crippen LogP contribution in [0.2, 0.25) is 0 Å². The number of amides is 1. The number of nitrogens with one attached hydrogen (secondary N) is 1. The molecule has 0 saturated heterocycles. The van der Waals surface area contributed by atoms with Gasteiger partial charge in [-0.05, 0) is 42.8 Å². The molecule has 0 fully saturated rings. The highest BCUT2D eigenvalue weighted by Crippen LogP contribution is 2.29. The van der Waals surface area contributed by atoms with Crippen LogP contribution in [0.3, 0.4) is 0 Å². The smallest absolute Gasteiger partial charge is 0.339 e. The molecule has 2 aromatic rings. The van der Waals surface area contributed by atoms with E-state index in [0.29, 0.717) is 17.7 Å². The molecular weight excluding hydrogens is 346 g/mol. The maximum atomic E-state index is 12.5. The van der Waals surface area contributed by atoms with Crippen LogP contribution >= 0.6 is 15.9 Å². The van der Waals surface area contributed by atoms with Gasteiger partial charge in [0, 0.05) is 16.6 Å². The van der Waals surface area contributed by atoms with Crippen molar-refractivity contribution in [3.8, 4) is 0 Å². The minimum absolute atomic E-state index is 0.335. The summed E-state index contributed by atoms with van der Waals surface area (Å²) < 4.78 is 6.32. The molecule has 0 unspecified atom stereocenters. The number of esters is 1. The van der Waals surface area contributed by atoms with E-state index in [1.807, 2.05) is 24.3 Å². The van der Waals surface area contributed by atoms with Crippen molar-refractivity contribution in [2.24, 2.45) is 0 Å². The van der Waals surface area contributed by atoms with Crippen LogP contribution in [0.1, 0.15) is 22.8 Å². The predicted molar refractivity (Wildman–Crippen MR) is 86.7 cm³/mol. The molecule has 1 atom stereocenters. The molecule has 2 aromatic carbocycles. The van der Waals surface area contributed by atoms with Gasteiger partial charge in [0.15, 0.2) is 5.60 Å². The molecule has 1 heterocycles. The van der Waals surface area contributed by atoms with Gasteiger partial charge in [-0.3, -0.25) is 4.79 Å². The molecule has 0 aliphatic carbocycles. The number of carbonyl (C=O) groups is 2. The molecule has 1 amide bonds.